The fourth-order valence-corrected chi connectivity index (χ4v) is 2.52. The number of hydrogen-bond donors (Lipinski definition) is 1. The van der Waals surface area contributed by atoms with Gasteiger partial charge in [-0.2, -0.15) is 5.10 Å². The topological polar surface area (TPSA) is 59.8 Å². The average Bonchev–Trinajstić information content (AvgIpc) is 2.80. The lowest BCUT2D eigenvalue weighted by Crippen LogP contribution is -2.20. The lowest BCUT2D eigenvalue weighted by atomic mass is 10.4. The minimum atomic E-state index is -0.123. The van der Waals surface area contributed by atoms with Crippen LogP contribution in [-0.2, 0) is 11.3 Å². The number of amides is 1. The van der Waals surface area contributed by atoms with Crippen LogP contribution < -0.4 is 5.32 Å². The molecule has 2 aromatic heterocycles. The quantitative estimate of drug-likeness (QED) is 0.942. The monoisotopic (exact) mass is 328 g/mol. The molecule has 0 radical (unpaired) electrons. The van der Waals surface area contributed by atoms with Gasteiger partial charge in [-0.05, 0) is 36.7 Å². The second kappa shape index (κ2) is 5.19. The molecule has 2 rings (SSSR count). The van der Waals surface area contributed by atoms with Crippen molar-refractivity contribution in [3.8, 4) is 0 Å². The third-order valence-corrected chi connectivity index (χ3v) is 4.48. The van der Waals surface area contributed by atoms with Crippen LogP contribution in [0.4, 0.5) is 5.13 Å². The normalized spacial score (nSPS) is 10.7. The number of carbonyl (C=O) groups is 1. The maximum absolute atomic E-state index is 11.8. The predicted molar refractivity (Wildman–Crippen MR) is 74.9 cm³/mol. The Morgan fingerprint density at radius 3 is 2.72 bits per heavy atom. The van der Waals surface area contributed by atoms with E-state index in [1.54, 1.807) is 4.68 Å². The molecule has 1 amide bonds. The summed E-state index contributed by atoms with van der Waals surface area (Å²) in [6.07, 6.45) is 0. The second-order valence-corrected chi connectivity index (χ2v) is 5.64. The zero-order valence-corrected chi connectivity index (χ0v) is 12.7. The molecule has 96 valence electrons. The highest BCUT2D eigenvalue weighted by atomic mass is 79.9. The maximum Gasteiger partial charge on any atom is 0.247 e. The fraction of sp³-hybridized carbons (Fsp3) is 0.364. The first kappa shape index (κ1) is 13.2. The van der Waals surface area contributed by atoms with Gasteiger partial charge in [-0.15, -0.1) is 11.3 Å². The van der Waals surface area contributed by atoms with Crippen molar-refractivity contribution in [2.24, 2.45) is 0 Å². The maximum atomic E-state index is 11.8. The SMILES string of the molecule is Cc1csc(NC(=O)Cn2nc(C)c(Br)c2C)n1. The molecule has 0 aliphatic carbocycles. The number of halogens is 1. The molecule has 0 aromatic carbocycles. The van der Waals surface area contributed by atoms with Gasteiger partial charge in [0.25, 0.3) is 0 Å². The number of nitrogens with one attached hydrogen (secondary N) is 1. The smallest absolute Gasteiger partial charge is 0.247 e. The van der Waals surface area contributed by atoms with Gasteiger partial charge in [-0.3, -0.25) is 9.48 Å². The molecule has 0 unspecified atom stereocenters. The van der Waals surface area contributed by atoms with Gasteiger partial charge in [0.05, 0.1) is 21.6 Å². The van der Waals surface area contributed by atoms with E-state index in [-0.39, 0.29) is 12.5 Å². The Morgan fingerprint density at radius 2 is 2.22 bits per heavy atom. The Morgan fingerprint density at radius 1 is 1.50 bits per heavy atom. The van der Waals surface area contributed by atoms with Crippen LogP contribution in [0.3, 0.4) is 0 Å². The number of aromatic nitrogens is 3. The molecule has 0 spiro atoms. The zero-order chi connectivity index (χ0) is 13.3. The fourth-order valence-electron chi connectivity index (χ4n) is 1.54. The molecule has 2 heterocycles. The third-order valence-electron chi connectivity index (χ3n) is 2.45. The number of aryl methyl sites for hydroxylation is 2. The van der Waals surface area contributed by atoms with E-state index in [0.29, 0.717) is 5.13 Å². The minimum absolute atomic E-state index is 0.123. The molecule has 0 saturated heterocycles. The predicted octanol–water partition coefficient (Wildman–Crippen LogP) is 2.67. The number of thiazole rings is 1. The summed E-state index contributed by atoms with van der Waals surface area (Å²) >= 11 is 4.85. The first-order valence-electron chi connectivity index (χ1n) is 5.39. The van der Waals surface area contributed by atoms with Crippen molar-refractivity contribution in [1.82, 2.24) is 14.8 Å². The number of carbonyl (C=O) groups excluding carboxylic acids is 1. The molecule has 0 saturated carbocycles. The van der Waals surface area contributed by atoms with E-state index in [9.17, 15) is 4.79 Å². The van der Waals surface area contributed by atoms with Crippen molar-refractivity contribution in [1.29, 1.82) is 0 Å². The number of rotatable bonds is 3. The molecule has 7 heteroatoms. The molecule has 18 heavy (non-hydrogen) atoms. The van der Waals surface area contributed by atoms with E-state index < -0.39 is 0 Å². The summed E-state index contributed by atoms with van der Waals surface area (Å²) in [7, 11) is 0. The van der Waals surface area contributed by atoms with Gasteiger partial charge in [0, 0.05) is 5.38 Å². The first-order valence-corrected chi connectivity index (χ1v) is 7.06. The molecule has 0 atom stereocenters. The van der Waals surface area contributed by atoms with Gasteiger partial charge < -0.3 is 5.32 Å². The van der Waals surface area contributed by atoms with Crippen LogP contribution in [-0.4, -0.2) is 20.7 Å². The van der Waals surface area contributed by atoms with Gasteiger partial charge in [0.1, 0.15) is 6.54 Å². The Balaban J connectivity index is 2.05. The van der Waals surface area contributed by atoms with Gasteiger partial charge in [0.15, 0.2) is 5.13 Å². The lowest BCUT2D eigenvalue weighted by Gasteiger charge is -2.04. The molecule has 1 N–H and O–H groups in total. The van der Waals surface area contributed by atoms with Crippen molar-refractivity contribution >= 4 is 38.3 Å². The molecule has 2 aromatic rings. The van der Waals surface area contributed by atoms with E-state index in [1.165, 1.54) is 11.3 Å². The summed E-state index contributed by atoms with van der Waals surface area (Å²) in [6, 6.07) is 0. The van der Waals surface area contributed by atoms with Gasteiger partial charge >= 0.3 is 0 Å². The summed E-state index contributed by atoms with van der Waals surface area (Å²) in [5.74, 6) is -0.123. The summed E-state index contributed by atoms with van der Waals surface area (Å²) in [4.78, 5) is 16.0. The average molecular weight is 329 g/mol. The van der Waals surface area contributed by atoms with Gasteiger partial charge in [-0.1, -0.05) is 0 Å². The number of nitrogens with zero attached hydrogens (tertiary/aromatic N) is 3. The Labute approximate surface area is 117 Å². The van der Waals surface area contributed by atoms with Crippen LogP contribution in [0.15, 0.2) is 9.85 Å². The molecule has 0 bridgehead atoms. The highest BCUT2D eigenvalue weighted by Crippen LogP contribution is 2.20. The molecule has 0 aliphatic heterocycles. The van der Waals surface area contributed by atoms with E-state index in [0.717, 1.165) is 21.6 Å². The van der Waals surface area contributed by atoms with E-state index >= 15 is 0 Å². The van der Waals surface area contributed by atoms with Crippen LogP contribution >= 0.6 is 27.3 Å². The van der Waals surface area contributed by atoms with Crippen LogP contribution in [0.2, 0.25) is 0 Å². The number of anilines is 1. The van der Waals surface area contributed by atoms with E-state index in [4.69, 9.17) is 0 Å². The molecular formula is C11H13BrN4OS. The second-order valence-electron chi connectivity index (χ2n) is 3.98. The summed E-state index contributed by atoms with van der Waals surface area (Å²) < 4.78 is 2.62. The van der Waals surface area contributed by atoms with Crippen molar-refractivity contribution in [2.75, 3.05) is 5.32 Å². The van der Waals surface area contributed by atoms with E-state index in [1.807, 2.05) is 26.2 Å². The van der Waals surface area contributed by atoms with Gasteiger partial charge in [0.2, 0.25) is 5.91 Å². The number of hydrogen-bond acceptors (Lipinski definition) is 4. The standard InChI is InChI=1S/C11H13BrN4OS/c1-6-5-18-11(13-6)14-9(17)4-16-8(3)10(12)7(2)15-16/h5H,4H2,1-3H3,(H,13,14,17). The van der Waals surface area contributed by atoms with E-state index in [2.05, 4.69) is 31.3 Å². The largest absolute Gasteiger partial charge is 0.300 e. The van der Waals surface area contributed by atoms with Crippen LogP contribution in [0, 0.1) is 20.8 Å². The molecular weight excluding hydrogens is 316 g/mol. The first-order chi connectivity index (χ1) is 8.47. The molecule has 0 aliphatic rings. The third kappa shape index (κ3) is 2.78. The van der Waals surface area contributed by atoms with Crippen LogP contribution in [0.25, 0.3) is 0 Å². The summed E-state index contributed by atoms with van der Waals surface area (Å²) in [5.41, 5.74) is 2.73. The van der Waals surface area contributed by atoms with Crippen LogP contribution in [0.5, 0.6) is 0 Å². The van der Waals surface area contributed by atoms with Crippen molar-refractivity contribution in [3.63, 3.8) is 0 Å². The van der Waals surface area contributed by atoms with Gasteiger partial charge in [-0.25, -0.2) is 4.98 Å². The lowest BCUT2D eigenvalue weighted by molar-refractivity contribution is -0.116. The van der Waals surface area contributed by atoms with Crippen molar-refractivity contribution in [3.05, 3.63) is 26.9 Å². The highest BCUT2D eigenvalue weighted by Gasteiger charge is 2.12. The van der Waals surface area contributed by atoms with Crippen LogP contribution in [0.1, 0.15) is 17.1 Å². The summed E-state index contributed by atoms with van der Waals surface area (Å²) in [5, 5.41) is 9.57. The summed E-state index contributed by atoms with van der Waals surface area (Å²) in [6.45, 7) is 5.90. The van der Waals surface area contributed by atoms with Crippen molar-refractivity contribution in [2.45, 2.75) is 27.3 Å². The molecule has 5 nitrogen and oxygen atoms in total. The Hall–Kier alpha value is -1.21. The minimum Gasteiger partial charge on any atom is -0.300 e. The molecule has 0 fully saturated rings. The zero-order valence-electron chi connectivity index (χ0n) is 10.3. The van der Waals surface area contributed by atoms with Crippen molar-refractivity contribution < 1.29 is 4.79 Å². The Kier molecular flexibility index (Phi) is 3.82. The highest BCUT2D eigenvalue weighted by molar-refractivity contribution is 9.10. The Bertz CT molecular complexity index is 590.